The lowest BCUT2D eigenvalue weighted by atomic mass is 10.3. The van der Waals surface area contributed by atoms with Gasteiger partial charge in [0, 0.05) is 5.69 Å². The van der Waals surface area contributed by atoms with E-state index in [1.165, 1.54) is 18.2 Å². The van der Waals surface area contributed by atoms with Gasteiger partial charge in [0.2, 0.25) is 9.84 Å². The minimum Gasteiger partial charge on any atom is -0.399 e. The van der Waals surface area contributed by atoms with Gasteiger partial charge in [0.15, 0.2) is 0 Å². The van der Waals surface area contributed by atoms with Crippen molar-refractivity contribution in [3.05, 3.63) is 40.7 Å². The normalized spacial score (nSPS) is 11.6. The van der Waals surface area contributed by atoms with Crippen LogP contribution in [-0.4, -0.2) is 8.42 Å². The van der Waals surface area contributed by atoms with Gasteiger partial charge in [-0.1, -0.05) is 11.6 Å². The molecule has 0 aliphatic rings. The Morgan fingerprint density at radius 3 is 2.19 bits per heavy atom. The van der Waals surface area contributed by atoms with Crippen molar-refractivity contribution in [3.63, 3.8) is 0 Å². The number of halogens is 1. The molecule has 3 nitrogen and oxygen atoms in total. The highest BCUT2D eigenvalue weighted by Gasteiger charge is 2.19. The summed E-state index contributed by atoms with van der Waals surface area (Å²) in [5.74, 6) is 0. The summed E-state index contributed by atoms with van der Waals surface area (Å²) in [5, 5.41) is 0. The molecule has 0 fully saturated rings. The van der Waals surface area contributed by atoms with Crippen molar-refractivity contribution in [2.75, 3.05) is 5.73 Å². The van der Waals surface area contributed by atoms with Gasteiger partial charge in [0.25, 0.3) is 0 Å². The summed E-state index contributed by atoms with van der Waals surface area (Å²) in [4.78, 5) is 0.222. The van der Waals surface area contributed by atoms with Crippen molar-refractivity contribution in [3.8, 4) is 0 Å². The number of sulfone groups is 1. The number of thiophene rings is 1. The molecule has 0 radical (unpaired) electrons. The van der Waals surface area contributed by atoms with Crippen LogP contribution in [0.4, 0.5) is 5.69 Å². The monoisotopic (exact) mass is 273 g/mol. The molecular weight excluding hydrogens is 266 g/mol. The third-order valence-electron chi connectivity index (χ3n) is 2.00. The van der Waals surface area contributed by atoms with Crippen molar-refractivity contribution in [2.45, 2.75) is 9.10 Å². The van der Waals surface area contributed by atoms with E-state index in [1.807, 2.05) is 0 Å². The molecule has 0 atom stereocenters. The zero-order valence-electron chi connectivity index (χ0n) is 8.05. The quantitative estimate of drug-likeness (QED) is 0.856. The van der Waals surface area contributed by atoms with Gasteiger partial charge in [0.1, 0.15) is 4.21 Å². The van der Waals surface area contributed by atoms with E-state index in [4.69, 9.17) is 17.3 Å². The average Bonchev–Trinajstić information content (AvgIpc) is 2.66. The molecule has 0 amide bonds. The van der Waals surface area contributed by atoms with E-state index in [0.717, 1.165) is 11.3 Å². The number of hydrogen-bond donors (Lipinski definition) is 1. The Kier molecular flexibility index (Phi) is 2.92. The number of benzene rings is 1. The fourth-order valence-electron chi connectivity index (χ4n) is 1.21. The third kappa shape index (κ3) is 2.07. The van der Waals surface area contributed by atoms with Crippen LogP contribution >= 0.6 is 22.9 Å². The molecule has 0 unspecified atom stereocenters. The summed E-state index contributed by atoms with van der Waals surface area (Å²) >= 11 is 6.75. The Hall–Kier alpha value is -1.04. The zero-order valence-corrected chi connectivity index (χ0v) is 10.4. The maximum atomic E-state index is 12.1. The Labute approximate surface area is 102 Å². The molecule has 2 aromatic rings. The van der Waals surface area contributed by atoms with Crippen molar-refractivity contribution >= 4 is 38.5 Å². The first-order valence-electron chi connectivity index (χ1n) is 4.36. The second kappa shape index (κ2) is 4.08. The summed E-state index contributed by atoms with van der Waals surface area (Å²) in [5.41, 5.74) is 6.03. The standard InChI is InChI=1S/C10H8ClNO2S2/c11-9-5-6-10(15-9)16(13,14)8-3-1-7(12)2-4-8/h1-6H,12H2. The van der Waals surface area contributed by atoms with Crippen LogP contribution in [0.25, 0.3) is 0 Å². The number of nitrogens with two attached hydrogens (primary N) is 1. The molecule has 0 spiro atoms. The van der Waals surface area contributed by atoms with E-state index in [-0.39, 0.29) is 9.10 Å². The second-order valence-corrected chi connectivity index (χ2v) is 7.02. The van der Waals surface area contributed by atoms with Crippen LogP contribution in [0.2, 0.25) is 4.34 Å². The number of hydrogen-bond acceptors (Lipinski definition) is 4. The van der Waals surface area contributed by atoms with Crippen LogP contribution in [0.3, 0.4) is 0 Å². The molecule has 0 saturated heterocycles. The highest BCUT2D eigenvalue weighted by Crippen LogP contribution is 2.30. The highest BCUT2D eigenvalue weighted by molar-refractivity contribution is 7.93. The Balaban J connectivity index is 2.51. The minimum absolute atomic E-state index is 0.222. The van der Waals surface area contributed by atoms with Crippen molar-refractivity contribution < 1.29 is 8.42 Å². The molecule has 1 heterocycles. The minimum atomic E-state index is -3.46. The van der Waals surface area contributed by atoms with Gasteiger partial charge in [0.05, 0.1) is 9.23 Å². The van der Waals surface area contributed by atoms with Gasteiger partial charge in [-0.3, -0.25) is 0 Å². The molecule has 1 aromatic carbocycles. The van der Waals surface area contributed by atoms with Crippen LogP contribution in [0.5, 0.6) is 0 Å². The van der Waals surface area contributed by atoms with Crippen LogP contribution in [0, 0.1) is 0 Å². The average molecular weight is 274 g/mol. The second-order valence-electron chi connectivity index (χ2n) is 3.13. The van der Waals surface area contributed by atoms with Gasteiger partial charge >= 0.3 is 0 Å². The first kappa shape index (κ1) is 11.4. The van der Waals surface area contributed by atoms with Gasteiger partial charge in [-0.15, -0.1) is 11.3 Å². The summed E-state index contributed by atoms with van der Waals surface area (Å²) in [6, 6.07) is 9.15. The molecule has 2 N–H and O–H groups in total. The van der Waals surface area contributed by atoms with Gasteiger partial charge in [-0.2, -0.15) is 0 Å². The molecule has 0 saturated carbocycles. The van der Waals surface area contributed by atoms with Crippen molar-refractivity contribution in [1.29, 1.82) is 0 Å². The van der Waals surface area contributed by atoms with Gasteiger partial charge < -0.3 is 5.73 Å². The predicted molar refractivity (Wildman–Crippen MR) is 65.6 cm³/mol. The lowest BCUT2D eigenvalue weighted by molar-refractivity contribution is 0.598. The van der Waals surface area contributed by atoms with E-state index >= 15 is 0 Å². The maximum Gasteiger partial charge on any atom is 0.216 e. The van der Waals surface area contributed by atoms with E-state index in [1.54, 1.807) is 18.2 Å². The summed E-state index contributed by atoms with van der Waals surface area (Å²) in [7, 11) is -3.46. The van der Waals surface area contributed by atoms with Crippen molar-refractivity contribution in [1.82, 2.24) is 0 Å². The fraction of sp³-hybridized carbons (Fsp3) is 0. The van der Waals surface area contributed by atoms with Crippen LogP contribution < -0.4 is 5.73 Å². The molecular formula is C10H8ClNO2S2. The van der Waals surface area contributed by atoms with Crippen LogP contribution in [-0.2, 0) is 9.84 Å². The van der Waals surface area contributed by atoms with E-state index in [0.29, 0.717) is 10.0 Å². The predicted octanol–water partition coefficient (Wildman–Crippen LogP) is 2.82. The molecule has 2 rings (SSSR count). The first-order valence-corrected chi connectivity index (χ1v) is 7.04. The van der Waals surface area contributed by atoms with E-state index in [9.17, 15) is 8.42 Å². The number of anilines is 1. The molecule has 6 heteroatoms. The number of nitrogen functional groups attached to an aromatic ring is 1. The van der Waals surface area contributed by atoms with Gasteiger partial charge in [-0.05, 0) is 36.4 Å². The van der Waals surface area contributed by atoms with Crippen molar-refractivity contribution in [2.24, 2.45) is 0 Å². The first-order chi connectivity index (χ1) is 7.50. The summed E-state index contributed by atoms with van der Waals surface area (Å²) in [6.45, 7) is 0. The largest absolute Gasteiger partial charge is 0.399 e. The SMILES string of the molecule is Nc1ccc(S(=O)(=O)c2ccc(Cl)s2)cc1. The third-order valence-corrected chi connectivity index (χ3v) is 5.50. The Morgan fingerprint density at radius 2 is 1.69 bits per heavy atom. The topological polar surface area (TPSA) is 60.2 Å². The zero-order chi connectivity index (χ0) is 11.8. The highest BCUT2D eigenvalue weighted by atomic mass is 35.5. The maximum absolute atomic E-state index is 12.1. The van der Waals surface area contributed by atoms with E-state index < -0.39 is 9.84 Å². The van der Waals surface area contributed by atoms with E-state index in [2.05, 4.69) is 0 Å². The Morgan fingerprint density at radius 1 is 1.06 bits per heavy atom. The summed E-state index contributed by atoms with van der Waals surface area (Å²) in [6.07, 6.45) is 0. The smallest absolute Gasteiger partial charge is 0.216 e. The Bertz CT molecular complexity index is 602. The van der Waals surface area contributed by atoms with Gasteiger partial charge in [-0.25, -0.2) is 8.42 Å². The van der Waals surface area contributed by atoms with Crippen LogP contribution in [0.1, 0.15) is 0 Å². The molecule has 0 aliphatic carbocycles. The fourth-order valence-corrected chi connectivity index (χ4v) is 4.09. The molecule has 0 aliphatic heterocycles. The molecule has 84 valence electrons. The lowest BCUT2D eigenvalue weighted by Crippen LogP contribution is -1.99. The molecule has 1 aromatic heterocycles. The van der Waals surface area contributed by atoms with Crippen LogP contribution in [0.15, 0.2) is 45.5 Å². The molecule has 0 bridgehead atoms. The molecule has 16 heavy (non-hydrogen) atoms. The lowest BCUT2D eigenvalue weighted by Gasteiger charge is -2.01. The number of rotatable bonds is 2. The summed E-state index contributed by atoms with van der Waals surface area (Å²) < 4.78 is 24.8.